The van der Waals surface area contributed by atoms with Crippen molar-refractivity contribution in [1.82, 2.24) is 5.32 Å². The zero-order valence-electron chi connectivity index (χ0n) is 9.34. The lowest BCUT2D eigenvalue weighted by molar-refractivity contribution is 0.407. The molecule has 0 saturated heterocycles. The topological polar surface area (TPSA) is 51.2 Å². The first-order valence-electron chi connectivity index (χ1n) is 5.23. The zero-order chi connectivity index (χ0) is 11.1. The summed E-state index contributed by atoms with van der Waals surface area (Å²) in [4.78, 5) is 0. The average Bonchev–Trinajstić information content (AvgIpc) is 2.73. The monoisotopic (exact) mass is 206 g/mol. The lowest BCUT2D eigenvalue weighted by atomic mass is 10.2. The summed E-state index contributed by atoms with van der Waals surface area (Å²) in [7, 11) is 0. The van der Waals surface area contributed by atoms with Crippen LogP contribution in [0, 0.1) is 11.8 Å². The van der Waals surface area contributed by atoms with E-state index in [-0.39, 0.29) is 6.04 Å². The second kappa shape index (κ2) is 6.28. The Hall–Kier alpha value is -1.24. The summed E-state index contributed by atoms with van der Waals surface area (Å²) in [5.41, 5.74) is 5.67. The van der Waals surface area contributed by atoms with Crippen molar-refractivity contribution < 1.29 is 4.42 Å². The molecule has 3 nitrogen and oxygen atoms in total. The van der Waals surface area contributed by atoms with E-state index in [0.717, 1.165) is 17.9 Å². The van der Waals surface area contributed by atoms with Crippen LogP contribution < -0.4 is 11.1 Å². The molecule has 1 rings (SSSR count). The number of nitrogens with one attached hydrogen (secondary N) is 1. The summed E-state index contributed by atoms with van der Waals surface area (Å²) >= 11 is 0. The van der Waals surface area contributed by atoms with E-state index in [1.807, 2.05) is 19.1 Å². The molecule has 0 aliphatic carbocycles. The summed E-state index contributed by atoms with van der Waals surface area (Å²) in [6.45, 7) is 5.04. The third kappa shape index (κ3) is 3.43. The van der Waals surface area contributed by atoms with Gasteiger partial charge >= 0.3 is 0 Å². The Morgan fingerprint density at radius 3 is 2.87 bits per heavy atom. The highest BCUT2D eigenvalue weighted by Crippen LogP contribution is 2.15. The van der Waals surface area contributed by atoms with E-state index < -0.39 is 0 Å². The van der Waals surface area contributed by atoms with E-state index >= 15 is 0 Å². The van der Waals surface area contributed by atoms with Gasteiger partial charge in [0.05, 0.1) is 12.6 Å². The molecule has 0 radical (unpaired) electrons. The molecule has 0 aromatic carbocycles. The molecule has 1 heterocycles. The maximum Gasteiger partial charge on any atom is 0.122 e. The molecule has 1 atom stereocenters. The van der Waals surface area contributed by atoms with E-state index in [1.54, 1.807) is 0 Å². The van der Waals surface area contributed by atoms with Crippen molar-refractivity contribution in [3.05, 3.63) is 23.7 Å². The van der Waals surface area contributed by atoms with Crippen LogP contribution in [0.5, 0.6) is 0 Å². The van der Waals surface area contributed by atoms with Gasteiger partial charge in [0.15, 0.2) is 0 Å². The number of aryl methyl sites for hydroxylation is 1. The van der Waals surface area contributed by atoms with E-state index in [0.29, 0.717) is 13.1 Å². The predicted molar refractivity (Wildman–Crippen MR) is 61.3 cm³/mol. The highest BCUT2D eigenvalue weighted by molar-refractivity contribution is 5.12. The molecule has 0 spiro atoms. The Morgan fingerprint density at radius 2 is 2.33 bits per heavy atom. The standard InChI is InChI=1S/C12H18N2O/c1-3-5-8-14-11(9-13)12-7-6-10(4-2)15-12/h6-7,11,14H,4,8-9,13H2,1-2H3. The normalized spacial score (nSPS) is 11.9. The molecule has 0 bridgehead atoms. The highest BCUT2D eigenvalue weighted by Gasteiger charge is 2.12. The van der Waals surface area contributed by atoms with Crippen LogP contribution in [-0.2, 0) is 6.42 Å². The minimum atomic E-state index is 0.0612. The van der Waals surface area contributed by atoms with Crippen molar-refractivity contribution in [3.8, 4) is 11.8 Å². The molecular formula is C12H18N2O. The van der Waals surface area contributed by atoms with Crippen LogP contribution in [0.4, 0.5) is 0 Å². The highest BCUT2D eigenvalue weighted by atomic mass is 16.3. The maximum absolute atomic E-state index is 5.67. The van der Waals surface area contributed by atoms with Crippen molar-refractivity contribution in [2.24, 2.45) is 5.73 Å². The van der Waals surface area contributed by atoms with Crippen molar-refractivity contribution in [2.45, 2.75) is 26.3 Å². The van der Waals surface area contributed by atoms with E-state index in [9.17, 15) is 0 Å². The Morgan fingerprint density at radius 1 is 1.53 bits per heavy atom. The number of hydrogen-bond donors (Lipinski definition) is 2. The minimum Gasteiger partial charge on any atom is -0.464 e. The second-order valence-corrected chi connectivity index (χ2v) is 3.25. The van der Waals surface area contributed by atoms with Crippen molar-refractivity contribution in [2.75, 3.05) is 13.1 Å². The second-order valence-electron chi connectivity index (χ2n) is 3.25. The molecule has 0 fully saturated rings. The summed E-state index contributed by atoms with van der Waals surface area (Å²) in [5.74, 6) is 7.66. The number of hydrogen-bond acceptors (Lipinski definition) is 3. The number of rotatable bonds is 5. The summed E-state index contributed by atoms with van der Waals surface area (Å²) in [6.07, 6.45) is 0.909. The fourth-order valence-corrected chi connectivity index (χ4v) is 1.33. The van der Waals surface area contributed by atoms with Crippen LogP contribution in [0.2, 0.25) is 0 Å². The van der Waals surface area contributed by atoms with Crippen LogP contribution in [0.25, 0.3) is 0 Å². The summed E-state index contributed by atoms with van der Waals surface area (Å²) in [6, 6.07) is 4.03. The van der Waals surface area contributed by atoms with Crippen LogP contribution in [-0.4, -0.2) is 13.1 Å². The predicted octanol–water partition coefficient (Wildman–Crippen LogP) is 1.45. The molecule has 15 heavy (non-hydrogen) atoms. The molecule has 1 unspecified atom stereocenters. The quantitative estimate of drug-likeness (QED) is 0.717. The van der Waals surface area contributed by atoms with Gasteiger partial charge in [0, 0.05) is 13.0 Å². The lowest BCUT2D eigenvalue weighted by Crippen LogP contribution is -2.28. The van der Waals surface area contributed by atoms with Gasteiger partial charge in [0.25, 0.3) is 0 Å². The van der Waals surface area contributed by atoms with E-state index in [2.05, 4.69) is 24.1 Å². The van der Waals surface area contributed by atoms with Gasteiger partial charge in [-0.3, -0.25) is 5.32 Å². The van der Waals surface area contributed by atoms with Crippen LogP contribution in [0.15, 0.2) is 16.5 Å². The van der Waals surface area contributed by atoms with Gasteiger partial charge < -0.3 is 10.2 Å². The van der Waals surface area contributed by atoms with Crippen molar-refractivity contribution >= 4 is 0 Å². The zero-order valence-corrected chi connectivity index (χ0v) is 9.34. The molecule has 0 aliphatic rings. The molecule has 0 aliphatic heterocycles. The van der Waals surface area contributed by atoms with Gasteiger partial charge in [-0.25, -0.2) is 0 Å². The number of furan rings is 1. The molecule has 1 aromatic rings. The third-order valence-corrected chi connectivity index (χ3v) is 2.22. The Kier molecular flexibility index (Phi) is 4.96. The molecular weight excluding hydrogens is 188 g/mol. The Bertz CT molecular complexity index is 346. The molecule has 82 valence electrons. The first-order valence-corrected chi connectivity index (χ1v) is 5.23. The van der Waals surface area contributed by atoms with E-state index in [4.69, 9.17) is 10.2 Å². The van der Waals surface area contributed by atoms with Gasteiger partial charge in [0.1, 0.15) is 11.5 Å². The molecule has 1 aromatic heterocycles. The smallest absolute Gasteiger partial charge is 0.122 e. The Balaban J connectivity index is 2.59. The molecule has 3 heteroatoms. The summed E-state index contributed by atoms with van der Waals surface area (Å²) < 4.78 is 5.63. The summed E-state index contributed by atoms with van der Waals surface area (Å²) in [5, 5.41) is 3.23. The van der Waals surface area contributed by atoms with Gasteiger partial charge in [0.2, 0.25) is 0 Å². The first kappa shape index (κ1) is 11.8. The fourth-order valence-electron chi connectivity index (χ4n) is 1.33. The van der Waals surface area contributed by atoms with Crippen LogP contribution >= 0.6 is 0 Å². The minimum absolute atomic E-state index is 0.0612. The van der Waals surface area contributed by atoms with Gasteiger partial charge in [-0.15, -0.1) is 5.92 Å². The van der Waals surface area contributed by atoms with Crippen LogP contribution in [0.1, 0.15) is 31.4 Å². The van der Waals surface area contributed by atoms with Gasteiger partial charge in [-0.2, -0.15) is 0 Å². The molecule has 3 N–H and O–H groups in total. The van der Waals surface area contributed by atoms with Gasteiger partial charge in [-0.1, -0.05) is 12.8 Å². The molecule has 0 amide bonds. The first-order chi connectivity index (χ1) is 7.31. The third-order valence-electron chi connectivity index (χ3n) is 2.22. The van der Waals surface area contributed by atoms with E-state index in [1.165, 1.54) is 0 Å². The lowest BCUT2D eigenvalue weighted by Gasteiger charge is -2.11. The largest absolute Gasteiger partial charge is 0.464 e. The van der Waals surface area contributed by atoms with Gasteiger partial charge in [-0.05, 0) is 19.1 Å². The van der Waals surface area contributed by atoms with Crippen molar-refractivity contribution in [1.29, 1.82) is 0 Å². The SMILES string of the molecule is CC#CCNC(CN)c1ccc(CC)o1. The maximum atomic E-state index is 5.67. The molecule has 0 saturated carbocycles. The average molecular weight is 206 g/mol. The fraction of sp³-hybridized carbons (Fsp3) is 0.500. The number of nitrogens with two attached hydrogens (primary N) is 1. The van der Waals surface area contributed by atoms with Crippen LogP contribution in [0.3, 0.4) is 0 Å². The Labute approximate surface area is 91.0 Å². The van der Waals surface area contributed by atoms with Crippen molar-refractivity contribution in [3.63, 3.8) is 0 Å².